The Hall–Kier alpha value is -3.59. The van der Waals surface area contributed by atoms with Crippen LogP contribution in [-0.2, 0) is 0 Å². The molecular weight excluding hydrogens is 474 g/mol. The Morgan fingerprint density at radius 1 is 0.974 bits per heavy atom. The van der Waals surface area contributed by atoms with Crippen molar-refractivity contribution in [3.8, 4) is 0 Å². The zero-order valence-corrected chi connectivity index (χ0v) is 25.2. The Kier molecular flexibility index (Phi) is 13.3. The number of nitrogens with one attached hydrogen (secondary N) is 2. The lowest BCUT2D eigenvalue weighted by Gasteiger charge is -2.25. The summed E-state index contributed by atoms with van der Waals surface area (Å²) in [5, 5.41) is 7.37. The number of hydrogen-bond donors (Lipinski definition) is 2. The zero-order chi connectivity index (χ0) is 28.8. The molecule has 0 bridgehead atoms. The Morgan fingerprint density at radius 3 is 2.28 bits per heavy atom. The first-order chi connectivity index (χ1) is 18.7. The molecule has 0 amide bonds. The minimum atomic E-state index is -0.136. The monoisotopic (exact) mass is 523 g/mol. The second kappa shape index (κ2) is 16.4. The first kappa shape index (κ1) is 31.6. The first-order valence-electron chi connectivity index (χ1n) is 14.3. The molecule has 1 atom stereocenters. The third-order valence-corrected chi connectivity index (χ3v) is 6.14. The van der Waals surface area contributed by atoms with E-state index in [0.29, 0.717) is 5.92 Å². The molecular formula is C36H49N3. The molecule has 3 rings (SSSR count). The van der Waals surface area contributed by atoms with Crippen molar-refractivity contribution in [3.05, 3.63) is 126 Å². The molecule has 0 saturated carbocycles. The minimum Gasteiger partial charge on any atom is -0.384 e. The highest BCUT2D eigenvalue weighted by molar-refractivity contribution is 5.77. The van der Waals surface area contributed by atoms with E-state index in [4.69, 9.17) is 4.98 Å². The lowest BCUT2D eigenvalue weighted by Crippen LogP contribution is -2.23. The molecule has 3 nitrogen and oxygen atoms in total. The van der Waals surface area contributed by atoms with Crippen molar-refractivity contribution in [2.24, 2.45) is 5.92 Å². The smallest absolute Gasteiger partial charge is 0.0940 e. The summed E-state index contributed by atoms with van der Waals surface area (Å²) < 4.78 is 0. The van der Waals surface area contributed by atoms with Gasteiger partial charge >= 0.3 is 0 Å². The molecule has 1 aliphatic heterocycles. The lowest BCUT2D eigenvalue weighted by atomic mass is 9.95. The number of allylic oxidation sites excluding steroid dienone is 7. The van der Waals surface area contributed by atoms with E-state index in [2.05, 4.69) is 131 Å². The van der Waals surface area contributed by atoms with Crippen LogP contribution in [0.3, 0.4) is 0 Å². The SMILES string of the molecule is C=C/C=C(\C=C/C)C(Nc1ccccc1C(C)C)c1cccc(C(/C=C\C)=C2\NCCCC2=C)n1.CC(C)C. The molecule has 0 spiro atoms. The number of aromatic nitrogens is 1. The number of pyridine rings is 1. The van der Waals surface area contributed by atoms with Crippen LogP contribution in [0.15, 0.2) is 109 Å². The van der Waals surface area contributed by atoms with Gasteiger partial charge in [-0.2, -0.15) is 0 Å². The van der Waals surface area contributed by atoms with Gasteiger partial charge in [-0.15, -0.1) is 0 Å². The maximum Gasteiger partial charge on any atom is 0.0940 e. The van der Waals surface area contributed by atoms with Crippen molar-refractivity contribution in [2.75, 3.05) is 11.9 Å². The van der Waals surface area contributed by atoms with E-state index in [9.17, 15) is 0 Å². The molecule has 39 heavy (non-hydrogen) atoms. The molecule has 1 saturated heterocycles. The van der Waals surface area contributed by atoms with Gasteiger partial charge in [-0.1, -0.05) is 108 Å². The summed E-state index contributed by atoms with van der Waals surface area (Å²) in [6.07, 6.45) is 14.4. The van der Waals surface area contributed by atoms with Crippen LogP contribution in [0.2, 0.25) is 0 Å². The molecule has 1 aromatic carbocycles. The van der Waals surface area contributed by atoms with Crippen molar-refractivity contribution in [1.82, 2.24) is 10.3 Å². The van der Waals surface area contributed by atoms with Crippen molar-refractivity contribution >= 4 is 11.3 Å². The topological polar surface area (TPSA) is 37.0 Å². The Labute approximate surface area is 238 Å². The first-order valence-corrected chi connectivity index (χ1v) is 14.3. The van der Waals surface area contributed by atoms with E-state index in [0.717, 1.165) is 64.8 Å². The van der Waals surface area contributed by atoms with Gasteiger partial charge in [0.2, 0.25) is 0 Å². The van der Waals surface area contributed by atoms with Gasteiger partial charge in [0.05, 0.1) is 17.4 Å². The molecule has 1 fully saturated rings. The van der Waals surface area contributed by atoms with E-state index in [1.54, 1.807) is 0 Å². The van der Waals surface area contributed by atoms with E-state index in [1.807, 2.05) is 19.9 Å². The molecule has 1 unspecified atom stereocenters. The molecule has 2 aromatic rings. The maximum atomic E-state index is 5.20. The third kappa shape index (κ3) is 9.58. The van der Waals surface area contributed by atoms with Crippen LogP contribution in [-0.4, -0.2) is 11.5 Å². The van der Waals surface area contributed by atoms with E-state index in [1.165, 1.54) is 5.56 Å². The Morgan fingerprint density at radius 2 is 1.67 bits per heavy atom. The van der Waals surface area contributed by atoms with Crippen LogP contribution in [0.5, 0.6) is 0 Å². The van der Waals surface area contributed by atoms with Crippen molar-refractivity contribution in [1.29, 1.82) is 0 Å². The van der Waals surface area contributed by atoms with Gasteiger partial charge in [-0.3, -0.25) is 4.98 Å². The summed E-state index contributed by atoms with van der Waals surface area (Å²) in [6, 6.07) is 14.7. The second-order valence-corrected chi connectivity index (χ2v) is 10.8. The molecule has 3 heteroatoms. The standard InChI is InChI=1S/C32H39N3.C4H10/c1-7-14-25(15-8-2)32(35-28-19-11-10-18-26(28)23(4)5)30-21-12-20-29(34-30)27(16-9-3)31-24(6)17-13-22-33-31;1-4(2)3/h7-12,14-16,18-21,23,32-33,35H,1,6,13,17,22H2,2-5H3;4H,1-3H3/b15-8-,16-9-,25-14+,31-27-;. The van der Waals surface area contributed by atoms with Gasteiger partial charge in [0, 0.05) is 23.5 Å². The lowest BCUT2D eigenvalue weighted by molar-refractivity contribution is 0.672. The highest BCUT2D eigenvalue weighted by Gasteiger charge is 2.21. The number of nitrogens with zero attached hydrogens (tertiary/aromatic N) is 1. The average Bonchev–Trinajstić information content (AvgIpc) is 2.91. The predicted octanol–water partition coefficient (Wildman–Crippen LogP) is 9.94. The van der Waals surface area contributed by atoms with Gasteiger partial charge in [0.25, 0.3) is 0 Å². The fourth-order valence-electron chi connectivity index (χ4n) is 4.47. The summed E-state index contributed by atoms with van der Waals surface area (Å²) >= 11 is 0. The quantitative estimate of drug-likeness (QED) is 0.321. The largest absolute Gasteiger partial charge is 0.384 e. The van der Waals surface area contributed by atoms with Crippen LogP contribution >= 0.6 is 0 Å². The zero-order valence-electron chi connectivity index (χ0n) is 25.2. The number of para-hydroxylation sites is 1. The summed E-state index contributed by atoms with van der Waals surface area (Å²) in [7, 11) is 0. The minimum absolute atomic E-state index is 0.136. The Bertz CT molecular complexity index is 1200. The molecule has 2 heterocycles. The molecule has 208 valence electrons. The predicted molar refractivity (Wildman–Crippen MR) is 173 cm³/mol. The second-order valence-electron chi connectivity index (χ2n) is 10.8. The Balaban J connectivity index is 0.00000124. The van der Waals surface area contributed by atoms with E-state index >= 15 is 0 Å². The number of hydrogen-bond acceptors (Lipinski definition) is 3. The summed E-state index contributed by atoms with van der Waals surface area (Å²) in [6.45, 7) is 24.3. The van der Waals surface area contributed by atoms with Crippen LogP contribution in [0, 0.1) is 5.92 Å². The van der Waals surface area contributed by atoms with Crippen LogP contribution in [0.4, 0.5) is 5.69 Å². The summed E-state index contributed by atoms with van der Waals surface area (Å²) in [4.78, 5) is 5.20. The van der Waals surface area contributed by atoms with Crippen molar-refractivity contribution in [3.63, 3.8) is 0 Å². The average molecular weight is 524 g/mol. The van der Waals surface area contributed by atoms with Gasteiger partial charge in [0.15, 0.2) is 0 Å². The van der Waals surface area contributed by atoms with Crippen molar-refractivity contribution in [2.45, 2.75) is 73.3 Å². The van der Waals surface area contributed by atoms with Gasteiger partial charge in [0.1, 0.15) is 0 Å². The number of benzene rings is 1. The van der Waals surface area contributed by atoms with Crippen LogP contribution in [0.1, 0.15) is 90.2 Å². The van der Waals surface area contributed by atoms with E-state index < -0.39 is 0 Å². The van der Waals surface area contributed by atoms with Crippen LogP contribution in [0.25, 0.3) is 5.57 Å². The molecule has 1 aromatic heterocycles. The van der Waals surface area contributed by atoms with Gasteiger partial charge < -0.3 is 10.6 Å². The highest BCUT2D eigenvalue weighted by atomic mass is 15.0. The number of piperidine rings is 1. The molecule has 0 aliphatic carbocycles. The third-order valence-electron chi connectivity index (χ3n) is 6.14. The molecule has 2 N–H and O–H groups in total. The normalized spacial score (nSPS) is 16.2. The van der Waals surface area contributed by atoms with Gasteiger partial charge in [-0.25, -0.2) is 0 Å². The fraction of sp³-hybridized carbons (Fsp3) is 0.361. The van der Waals surface area contributed by atoms with Crippen LogP contribution < -0.4 is 10.6 Å². The number of anilines is 1. The maximum absolute atomic E-state index is 5.20. The summed E-state index contributed by atoms with van der Waals surface area (Å²) in [5.41, 5.74) is 8.72. The fourth-order valence-corrected chi connectivity index (χ4v) is 4.47. The number of rotatable bonds is 9. The summed E-state index contributed by atoms with van der Waals surface area (Å²) in [5.74, 6) is 1.24. The molecule has 0 radical (unpaired) electrons. The van der Waals surface area contributed by atoms with E-state index in [-0.39, 0.29) is 6.04 Å². The molecule has 1 aliphatic rings. The van der Waals surface area contributed by atoms with Crippen molar-refractivity contribution < 1.29 is 0 Å². The highest BCUT2D eigenvalue weighted by Crippen LogP contribution is 2.33. The van der Waals surface area contributed by atoms with Gasteiger partial charge in [-0.05, 0) is 73.4 Å².